The highest BCUT2D eigenvalue weighted by Gasteiger charge is 2.20. The second kappa shape index (κ2) is 8.53. The number of benzene rings is 1. The van der Waals surface area contributed by atoms with Gasteiger partial charge in [-0.05, 0) is 35.1 Å². The minimum absolute atomic E-state index is 0.0321. The monoisotopic (exact) mass is 367 g/mol. The molecular weight excluding hydrogens is 338 g/mol. The first-order valence-electron chi connectivity index (χ1n) is 9.70. The number of morpholine rings is 1. The third kappa shape index (κ3) is 4.48. The van der Waals surface area contributed by atoms with E-state index in [1.165, 1.54) is 11.1 Å². The van der Waals surface area contributed by atoms with Gasteiger partial charge in [-0.3, -0.25) is 4.79 Å². The normalized spacial score (nSPS) is 14.7. The standard InChI is InChI=1S/C22H29N3O2/c1-15(2)18-6-5-7-19(16(3)4)21(18)24-17-8-9-20(23-14-17)22(26)25-10-12-27-13-11-25/h5-9,14-16,24H,10-13H2,1-4H3. The van der Waals surface area contributed by atoms with Crippen molar-refractivity contribution >= 4 is 17.3 Å². The fourth-order valence-electron chi connectivity index (χ4n) is 3.36. The fourth-order valence-corrected chi connectivity index (χ4v) is 3.36. The lowest BCUT2D eigenvalue weighted by Crippen LogP contribution is -2.41. The van der Waals surface area contributed by atoms with E-state index < -0.39 is 0 Å². The fraction of sp³-hybridized carbons (Fsp3) is 0.455. The molecule has 144 valence electrons. The van der Waals surface area contributed by atoms with Crippen LogP contribution in [-0.2, 0) is 4.74 Å². The number of anilines is 2. The number of pyridine rings is 1. The molecule has 1 amide bonds. The van der Waals surface area contributed by atoms with Crippen LogP contribution in [0.1, 0.15) is 61.1 Å². The number of nitrogens with one attached hydrogen (secondary N) is 1. The number of nitrogens with zero attached hydrogens (tertiary/aromatic N) is 2. The van der Waals surface area contributed by atoms with Gasteiger partial charge in [-0.15, -0.1) is 0 Å². The van der Waals surface area contributed by atoms with Crippen molar-refractivity contribution in [1.29, 1.82) is 0 Å². The van der Waals surface area contributed by atoms with Crippen LogP contribution in [0.4, 0.5) is 11.4 Å². The van der Waals surface area contributed by atoms with E-state index in [1.807, 2.05) is 6.07 Å². The van der Waals surface area contributed by atoms with Gasteiger partial charge in [0.05, 0.1) is 25.1 Å². The van der Waals surface area contributed by atoms with Crippen LogP contribution in [0.15, 0.2) is 36.5 Å². The molecule has 27 heavy (non-hydrogen) atoms. The lowest BCUT2D eigenvalue weighted by atomic mass is 9.92. The average Bonchev–Trinajstić information content (AvgIpc) is 2.68. The maximum atomic E-state index is 12.5. The number of rotatable bonds is 5. The zero-order chi connectivity index (χ0) is 19.4. The van der Waals surface area contributed by atoms with Crippen LogP contribution in [0.2, 0.25) is 0 Å². The summed E-state index contributed by atoms with van der Waals surface area (Å²) in [6.45, 7) is 11.2. The van der Waals surface area contributed by atoms with Crippen LogP contribution in [0.25, 0.3) is 0 Å². The molecule has 0 saturated carbocycles. The molecule has 1 saturated heterocycles. The van der Waals surface area contributed by atoms with Crippen molar-refractivity contribution in [1.82, 2.24) is 9.88 Å². The Bertz CT molecular complexity index is 752. The third-order valence-corrected chi connectivity index (χ3v) is 4.92. The van der Waals surface area contributed by atoms with Crippen LogP contribution in [0.5, 0.6) is 0 Å². The molecule has 0 spiro atoms. The smallest absolute Gasteiger partial charge is 0.272 e. The Kier molecular flexibility index (Phi) is 6.11. The van der Waals surface area contributed by atoms with Crippen LogP contribution in [0.3, 0.4) is 0 Å². The van der Waals surface area contributed by atoms with Crippen LogP contribution >= 0.6 is 0 Å². The number of hydrogen-bond donors (Lipinski definition) is 1. The Balaban J connectivity index is 1.82. The number of aromatic nitrogens is 1. The molecule has 5 nitrogen and oxygen atoms in total. The maximum Gasteiger partial charge on any atom is 0.272 e. The lowest BCUT2D eigenvalue weighted by Gasteiger charge is -2.26. The number of hydrogen-bond acceptors (Lipinski definition) is 4. The van der Waals surface area contributed by atoms with Gasteiger partial charge < -0.3 is 15.0 Å². The number of ether oxygens (including phenoxy) is 1. The number of carbonyl (C=O) groups excluding carboxylic acids is 1. The zero-order valence-corrected chi connectivity index (χ0v) is 16.7. The summed E-state index contributed by atoms with van der Waals surface area (Å²) in [7, 11) is 0. The molecule has 0 radical (unpaired) electrons. The van der Waals surface area contributed by atoms with E-state index in [2.05, 4.69) is 56.2 Å². The van der Waals surface area contributed by atoms with Gasteiger partial charge in [0, 0.05) is 18.8 Å². The van der Waals surface area contributed by atoms with Gasteiger partial charge in [0.25, 0.3) is 5.91 Å². The topological polar surface area (TPSA) is 54.5 Å². The molecule has 2 heterocycles. The Morgan fingerprint density at radius 2 is 1.67 bits per heavy atom. The second-order valence-electron chi connectivity index (χ2n) is 7.58. The van der Waals surface area contributed by atoms with Crippen molar-refractivity contribution in [2.24, 2.45) is 0 Å². The maximum absolute atomic E-state index is 12.5. The SMILES string of the molecule is CC(C)c1cccc(C(C)C)c1Nc1ccc(C(=O)N2CCOCC2)nc1. The molecule has 0 aliphatic carbocycles. The van der Waals surface area contributed by atoms with Gasteiger partial charge in [0.1, 0.15) is 5.69 Å². The Morgan fingerprint density at radius 1 is 1.04 bits per heavy atom. The summed E-state index contributed by atoms with van der Waals surface area (Å²) in [6, 6.07) is 10.2. The molecule has 1 N–H and O–H groups in total. The first-order chi connectivity index (χ1) is 13.0. The highest BCUT2D eigenvalue weighted by Crippen LogP contribution is 2.34. The van der Waals surface area contributed by atoms with Crippen molar-refractivity contribution < 1.29 is 9.53 Å². The minimum atomic E-state index is -0.0321. The average molecular weight is 367 g/mol. The van der Waals surface area contributed by atoms with Crippen molar-refractivity contribution in [3.05, 3.63) is 53.3 Å². The molecule has 1 aromatic heterocycles. The van der Waals surface area contributed by atoms with Crippen molar-refractivity contribution in [3.8, 4) is 0 Å². The molecule has 1 aromatic carbocycles. The van der Waals surface area contributed by atoms with E-state index >= 15 is 0 Å². The van der Waals surface area contributed by atoms with Crippen LogP contribution < -0.4 is 5.32 Å². The molecule has 1 fully saturated rings. The molecule has 0 unspecified atom stereocenters. The van der Waals surface area contributed by atoms with E-state index in [1.54, 1.807) is 17.2 Å². The quantitative estimate of drug-likeness (QED) is 0.843. The highest BCUT2D eigenvalue weighted by molar-refractivity contribution is 5.92. The molecule has 0 atom stereocenters. The summed E-state index contributed by atoms with van der Waals surface area (Å²) in [6.07, 6.45) is 1.74. The van der Waals surface area contributed by atoms with E-state index in [0.29, 0.717) is 43.8 Å². The van der Waals surface area contributed by atoms with Gasteiger partial charge >= 0.3 is 0 Å². The van der Waals surface area contributed by atoms with Gasteiger partial charge in [-0.2, -0.15) is 0 Å². The summed E-state index contributed by atoms with van der Waals surface area (Å²) >= 11 is 0. The Morgan fingerprint density at radius 3 is 2.19 bits per heavy atom. The van der Waals surface area contributed by atoms with Gasteiger partial charge in [-0.25, -0.2) is 4.98 Å². The van der Waals surface area contributed by atoms with Crippen molar-refractivity contribution in [2.75, 3.05) is 31.6 Å². The molecule has 2 aromatic rings. The lowest BCUT2D eigenvalue weighted by molar-refractivity contribution is 0.0299. The van der Waals surface area contributed by atoms with Gasteiger partial charge in [-0.1, -0.05) is 45.9 Å². The van der Waals surface area contributed by atoms with E-state index in [-0.39, 0.29) is 5.91 Å². The van der Waals surface area contributed by atoms with E-state index in [4.69, 9.17) is 4.74 Å². The zero-order valence-electron chi connectivity index (χ0n) is 16.7. The van der Waals surface area contributed by atoms with Gasteiger partial charge in [0.15, 0.2) is 0 Å². The minimum Gasteiger partial charge on any atom is -0.378 e. The molecule has 0 bridgehead atoms. The molecular formula is C22H29N3O2. The molecule has 1 aliphatic rings. The number of para-hydroxylation sites is 1. The first kappa shape index (κ1) is 19.4. The molecule has 5 heteroatoms. The molecule has 1 aliphatic heterocycles. The highest BCUT2D eigenvalue weighted by atomic mass is 16.5. The van der Waals surface area contributed by atoms with Crippen molar-refractivity contribution in [3.63, 3.8) is 0 Å². The first-order valence-corrected chi connectivity index (χ1v) is 9.70. The van der Waals surface area contributed by atoms with Crippen molar-refractivity contribution in [2.45, 2.75) is 39.5 Å². The number of amides is 1. The van der Waals surface area contributed by atoms with E-state index in [0.717, 1.165) is 11.4 Å². The number of carbonyl (C=O) groups is 1. The van der Waals surface area contributed by atoms with Crippen LogP contribution in [0, 0.1) is 0 Å². The third-order valence-electron chi connectivity index (χ3n) is 4.92. The Hall–Kier alpha value is -2.40. The summed E-state index contributed by atoms with van der Waals surface area (Å²) in [5.74, 6) is 0.804. The Labute approximate surface area is 161 Å². The van der Waals surface area contributed by atoms with Gasteiger partial charge in [0.2, 0.25) is 0 Å². The predicted molar refractivity (Wildman–Crippen MR) is 109 cm³/mol. The second-order valence-corrected chi connectivity index (χ2v) is 7.58. The van der Waals surface area contributed by atoms with Crippen LogP contribution in [-0.4, -0.2) is 42.1 Å². The molecule has 3 rings (SSSR count). The summed E-state index contributed by atoms with van der Waals surface area (Å²) in [5.41, 5.74) is 5.09. The largest absolute Gasteiger partial charge is 0.378 e. The summed E-state index contributed by atoms with van der Waals surface area (Å²) < 4.78 is 5.31. The summed E-state index contributed by atoms with van der Waals surface area (Å²) in [5, 5.41) is 3.54. The van der Waals surface area contributed by atoms with E-state index in [9.17, 15) is 4.79 Å². The summed E-state index contributed by atoms with van der Waals surface area (Å²) in [4.78, 5) is 18.7. The predicted octanol–water partition coefficient (Wildman–Crippen LogP) is 4.54.